The molecule has 0 unspecified atom stereocenters. The van der Waals surface area contributed by atoms with Crippen LogP contribution in [0.2, 0.25) is 5.02 Å². The highest BCUT2D eigenvalue weighted by Crippen LogP contribution is 2.14. The predicted octanol–water partition coefficient (Wildman–Crippen LogP) is 2.41. The molecule has 0 saturated carbocycles. The summed E-state index contributed by atoms with van der Waals surface area (Å²) in [6, 6.07) is 13.7. The molecule has 1 aliphatic rings. The quantitative estimate of drug-likeness (QED) is 0.878. The molecular formula is C18H20ClFN3O+. The van der Waals surface area contributed by atoms with Crippen molar-refractivity contribution in [3.63, 3.8) is 0 Å². The van der Waals surface area contributed by atoms with Crippen molar-refractivity contribution in [3.05, 3.63) is 64.9 Å². The smallest absolute Gasteiger partial charge is 0.322 e. The van der Waals surface area contributed by atoms with Crippen LogP contribution in [0, 0.1) is 5.82 Å². The Bertz CT molecular complexity index is 700. The lowest BCUT2D eigenvalue weighted by Gasteiger charge is -2.32. The van der Waals surface area contributed by atoms with Crippen molar-refractivity contribution in [3.8, 4) is 0 Å². The third-order valence-corrected chi connectivity index (χ3v) is 4.45. The van der Waals surface area contributed by atoms with Gasteiger partial charge in [0.15, 0.2) is 0 Å². The van der Waals surface area contributed by atoms with Gasteiger partial charge in [-0.3, -0.25) is 0 Å². The van der Waals surface area contributed by atoms with Gasteiger partial charge in [-0.2, -0.15) is 0 Å². The molecule has 1 aliphatic heterocycles. The molecule has 0 aromatic heterocycles. The Kier molecular flexibility index (Phi) is 5.33. The Hall–Kier alpha value is -2.11. The normalized spacial score (nSPS) is 15.3. The van der Waals surface area contributed by atoms with E-state index in [1.807, 2.05) is 11.0 Å². The van der Waals surface area contributed by atoms with Crippen LogP contribution in [0.4, 0.5) is 14.9 Å². The lowest BCUT2D eigenvalue weighted by atomic mass is 10.2. The number of hydrogen-bond donors (Lipinski definition) is 2. The van der Waals surface area contributed by atoms with Crippen LogP contribution in [-0.4, -0.2) is 37.1 Å². The molecule has 2 aromatic carbocycles. The van der Waals surface area contributed by atoms with Crippen LogP contribution >= 0.6 is 11.6 Å². The van der Waals surface area contributed by atoms with Gasteiger partial charge in [0.25, 0.3) is 0 Å². The Labute approximate surface area is 145 Å². The van der Waals surface area contributed by atoms with E-state index in [1.54, 1.807) is 36.4 Å². The standard InChI is InChI=1S/C18H19ClFN3O/c19-15-4-6-17(7-5-15)21-18(24)23-10-8-22(9-11-23)13-14-2-1-3-16(20)12-14/h1-7,12H,8-11,13H2,(H,21,24)/p+1. The van der Waals surface area contributed by atoms with Crippen LogP contribution in [0.1, 0.15) is 5.56 Å². The molecule has 2 aromatic rings. The van der Waals surface area contributed by atoms with Crippen LogP contribution in [-0.2, 0) is 6.54 Å². The van der Waals surface area contributed by atoms with Crippen LogP contribution < -0.4 is 10.2 Å². The van der Waals surface area contributed by atoms with E-state index in [0.29, 0.717) is 18.1 Å². The molecule has 1 saturated heterocycles. The van der Waals surface area contributed by atoms with E-state index in [-0.39, 0.29) is 11.8 Å². The SMILES string of the molecule is O=C(Nc1ccc(Cl)cc1)N1CC[NH+](Cc2cccc(F)c2)CC1. The molecule has 24 heavy (non-hydrogen) atoms. The van der Waals surface area contributed by atoms with Gasteiger partial charge in [-0.05, 0) is 36.4 Å². The summed E-state index contributed by atoms with van der Waals surface area (Å²) in [6.45, 7) is 3.85. The minimum absolute atomic E-state index is 0.0953. The van der Waals surface area contributed by atoms with Gasteiger partial charge < -0.3 is 15.1 Å². The van der Waals surface area contributed by atoms with Crippen molar-refractivity contribution < 1.29 is 14.1 Å². The second-order valence-corrected chi connectivity index (χ2v) is 6.42. The lowest BCUT2D eigenvalue weighted by Crippen LogP contribution is -3.13. The molecule has 1 heterocycles. The fourth-order valence-corrected chi connectivity index (χ4v) is 3.00. The van der Waals surface area contributed by atoms with Crippen LogP contribution in [0.3, 0.4) is 0 Å². The number of benzene rings is 2. The monoisotopic (exact) mass is 348 g/mol. The zero-order valence-corrected chi connectivity index (χ0v) is 14.0. The van der Waals surface area contributed by atoms with E-state index in [4.69, 9.17) is 11.6 Å². The molecule has 0 aliphatic carbocycles. The van der Waals surface area contributed by atoms with Crippen LogP contribution in [0.15, 0.2) is 48.5 Å². The van der Waals surface area contributed by atoms with Crippen molar-refractivity contribution in [1.82, 2.24) is 4.90 Å². The maximum Gasteiger partial charge on any atom is 0.322 e. The van der Waals surface area contributed by atoms with E-state index in [0.717, 1.165) is 30.9 Å². The van der Waals surface area contributed by atoms with Gasteiger partial charge >= 0.3 is 6.03 Å². The number of carbonyl (C=O) groups is 1. The molecule has 0 spiro atoms. The first-order valence-corrected chi connectivity index (χ1v) is 8.37. The molecule has 0 radical (unpaired) electrons. The van der Waals surface area contributed by atoms with Crippen molar-refractivity contribution in [2.24, 2.45) is 0 Å². The molecular weight excluding hydrogens is 329 g/mol. The van der Waals surface area contributed by atoms with Gasteiger partial charge in [-0.1, -0.05) is 23.7 Å². The molecule has 126 valence electrons. The molecule has 2 N–H and O–H groups in total. The summed E-state index contributed by atoms with van der Waals surface area (Å²) in [5, 5.41) is 3.52. The van der Waals surface area contributed by atoms with Gasteiger partial charge in [-0.25, -0.2) is 9.18 Å². The number of quaternary nitrogens is 1. The number of halogens is 2. The number of piperazine rings is 1. The number of rotatable bonds is 3. The number of urea groups is 1. The fraction of sp³-hybridized carbons (Fsp3) is 0.278. The average Bonchev–Trinajstić information content (AvgIpc) is 2.57. The molecule has 1 fully saturated rings. The largest absolute Gasteiger partial charge is 0.328 e. The minimum Gasteiger partial charge on any atom is -0.328 e. The summed E-state index contributed by atoms with van der Waals surface area (Å²) < 4.78 is 13.2. The number of anilines is 1. The summed E-state index contributed by atoms with van der Waals surface area (Å²) in [4.78, 5) is 15.5. The highest BCUT2D eigenvalue weighted by Gasteiger charge is 2.23. The van der Waals surface area contributed by atoms with Crippen molar-refractivity contribution >= 4 is 23.3 Å². The predicted molar refractivity (Wildman–Crippen MR) is 92.8 cm³/mol. The second kappa shape index (κ2) is 7.64. The van der Waals surface area contributed by atoms with Gasteiger partial charge in [-0.15, -0.1) is 0 Å². The molecule has 2 amide bonds. The second-order valence-electron chi connectivity index (χ2n) is 5.98. The summed E-state index contributed by atoms with van der Waals surface area (Å²) >= 11 is 5.84. The molecule has 0 bridgehead atoms. The van der Waals surface area contributed by atoms with E-state index in [9.17, 15) is 9.18 Å². The summed E-state index contributed by atoms with van der Waals surface area (Å²) in [6.07, 6.45) is 0. The highest BCUT2D eigenvalue weighted by atomic mass is 35.5. The molecule has 6 heteroatoms. The number of amides is 2. The Morgan fingerprint density at radius 3 is 2.54 bits per heavy atom. The summed E-state index contributed by atoms with van der Waals surface area (Å²) in [5.74, 6) is -0.201. The number of nitrogens with zero attached hydrogens (tertiary/aromatic N) is 1. The first-order chi connectivity index (χ1) is 11.6. The summed E-state index contributed by atoms with van der Waals surface area (Å²) in [5.41, 5.74) is 1.73. The first kappa shape index (κ1) is 16.7. The zero-order valence-electron chi connectivity index (χ0n) is 13.3. The molecule has 0 atom stereocenters. The van der Waals surface area contributed by atoms with E-state index >= 15 is 0 Å². The third-order valence-electron chi connectivity index (χ3n) is 4.20. The Morgan fingerprint density at radius 2 is 1.88 bits per heavy atom. The van der Waals surface area contributed by atoms with E-state index in [2.05, 4.69) is 5.32 Å². The fourth-order valence-electron chi connectivity index (χ4n) is 2.87. The summed E-state index contributed by atoms with van der Waals surface area (Å²) in [7, 11) is 0. The number of hydrogen-bond acceptors (Lipinski definition) is 1. The van der Waals surface area contributed by atoms with Crippen molar-refractivity contribution in [2.75, 3.05) is 31.5 Å². The first-order valence-electron chi connectivity index (χ1n) is 8.00. The minimum atomic E-state index is -0.201. The van der Waals surface area contributed by atoms with Gasteiger partial charge in [0.1, 0.15) is 12.4 Å². The Morgan fingerprint density at radius 1 is 1.17 bits per heavy atom. The molecule has 4 nitrogen and oxygen atoms in total. The average molecular weight is 349 g/mol. The van der Waals surface area contributed by atoms with E-state index < -0.39 is 0 Å². The van der Waals surface area contributed by atoms with Crippen molar-refractivity contribution in [1.29, 1.82) is 0 Å². The van der Waals surface area contributed by atoms with Gasteiger partial charge in [0.05, 0.1) is 26.2 Å². The topological polar surface area (TPSA) is 36.8 Å². The van der Waals surface area contributed by atoms with Gasteiger partial charge in [0.2, 0.25) is 0 Å². The lowest BCUT2D eigenvalue weighted by molar-refractivity contribution is -0.917. The maximum absolute atomic E-state index is 13.2. The van der Waals surface area contributed by atoms with Crippen LogP contribution in [0.5, 0.6) is 0 Å². The van der Waals surface area contributed by atoms with E-state index in [1.165, 1.54) is 11.0 Å². The molecule has 3 rings (SSSR count). The van der Waals surface area contributed by atoms with Gasteiger partial charge in [0, 0.05) is 16.3 Å². The number of nitrogens with one attached hydrogen (secondary N) is 2. The number of carbonyl (C=O) groups excluding carboxylic acids is 1. The highest BCUT2D eigenvalue weighted by molar-refractivity contribution is 6.30. The maximum atomic E-state index is 13.2. The van der Waals surface area contributed by atoms with Crippen LogP contribution in [0.25, 0.3) is 0 Å². The zero-order chi connectivity index (χ0) is 16.9. The van der Waals surface area contributed by atoms with Crippen molar-refractivity contribution in [2.45, 2.75) is 6.54 Å². The third kappa shape index (κ3) is 4.46. The Balaban J connectivity index is 1.49.